The molecule has 108 valence electrons. The van der Waals surface area contributed by atoms with E-state index in [2.05, 4.69) is 76.1 Å². The van der Waals surface area contributed by atoms with Crippen LogP contribution in [0.5, 0.6) is 0 Å². The van der Waals surface area contributed by atoms with Gasteiger partial charge in [0, 0.05) is 15.0 Å². The van der Waals surface area contributed by atoms with Crippen LogP contribution in [0.2, 0.25) is 0 Å². The molecular weight excluding hydrogens is 366 g/mol. The van der Waals surface area contributed by atoms with Crippen molar-refractivity contribution in [1.82, 2.24) is 5.32 Å². The monoisotopic (exact) mass is 389 g/mol. The highest BCUT2D eigenvalue weighted by Gasteiger charge is 2.17. The molecule has 1 unspecified atom stereocenters. The van der Waals surface area contributed by atoms with E-state index in [0.29, 0.717) is 6.04 Å². The molecule has 0 aromatic heterocycles. The maximum absolute atomic E-state index is 3.70. The van der Waals surface area contributed by atoms with Crippen molar-refractivity contribution in [1.29, 1.82) is 0 Å². The van der Waals surface area contributed by atoms with Crippen molar-refractivity contribution in [3.8, 4) is 0 Å². The first kappa shape index (κ1) is 17.2. The largest absolute Gasteiger partial charge is 0.310 e. The van der Waals surface area contributed by atoms with Gasteiger partial charge in [-0.05, 0) is 43.0 Å². The molecule has 1 rings (SSSR count). The molecule has 0 heterocycles. The number of rotatable bonds is 8. The Bertz CT molecular complexity index is 375. The third-order valence-corrected chi connectivity index (χ3v) is 4.88. The van der Waals surface area contributed by atoms with Gasteiger partial charge in [0.1, 0.15) is 0 Å². The molecule has 1 aromatic rings. The molecule has 0 radical (unpaired) electrons. The first-order valence-corrected chi connectivity index (χ1v) is 8.89. The lowest BCUT2D eigenvalue weighted by Gasteiger charge is -2.24. The predicted octanol–water partition coefficient (Wildman–Crippen LogP) is 6.08. The first-order chi connectivity index (χ1) is 9.12. The molecule has 19 heavy (non-hydrogen) atoms. The van der Waals surface area contributed by atoms with E-state index < -0.39 is 0 Å². The highest BCUT2D eigenvalue weighted by molar-refractivity contribution is 9.11. The van der Waals surface area contributed by atoms with Crippen LogP contribution in [0.15, 0.2) is 27.1 Å². The molecule has 0 saturated heterocycles. The van der Waals surface area contributed by atoms with Crippen molar-refractivity contribution in [2.45, 2.75) is 52.5 Å². The van der Waals surface area contributed by atoms with Gasteiger partial charge in [0.2, 0.25) is 0 Å². The van der Waals surface area contributed by atoms with Crippen LogP contribution >= 0.6 is 31.9 Å². The van der Waals surface area contributed by atoms with Gasteiger partial charge in [-0.2, -0.15) is 0 Å². The quantitative estimate of drug-likeness (QED) is 0.567. The molecule has 0 spiro atoms. The summed E-state index contributed by atoms with van der Waals surface area (Å²) in [6.45, 7) is 7.88. The molecule has 0 aliphatic rings. The van der Waals surface area contributed by atoms with Crippen molar-refractivity contribution in [2.24, 2.45) is 5.92 Å². The van der Waals surface area contributed by atoms with E-state index in [4.69, 9.17) is 0 Å². The van der Waals surface area contributed by atoms with Gasteiger partial charge < -0.3 is 5.32 Å². The molecule has 1 atom stereocenters. The molecular formula is C16H25Br2N. The van der Waals surface area contributed by atoms with Crippen LogP contribution in [0.4, 0.5) is 0 Å². The van der Waals surface area contributed by atoms with E-state index in [1.165, 1.54) is 35.7 Å². The normalized spacial score (nSPS) is 12.9. The summed E-state index contributed by atoms with van der Waals surface area (Å²) < 4.78 is 2.32. The summed E-state index contributed by atoms with van der Waals surface area (Å²) in [7, 11) is 0. The summed E-state index contributed by atoms with van der Waals surface area (Å²) in [5, 5.41) is 3.70. The lowest BCUT2D eigenvalue weighted by Crippen LogP contribution is -2.24. The maximum Gasteiger partial charge on any atom is 0.0334 e. The molecule has 0 bridgehead atoms. The smallest absolute Gasteiger partial charge is 0.0334 e. The van der Waals surface area contributed by atoms with Crippen molar-refractivity contribution in [2.75, 3.05) is 6.54 Å². The molecule has 0 aliphatic carbocycles. The van der Waals surface area contributed by atoms with E-state index >= 15 is 0 Å². The Morgan fingerprint density at radius 3 is 2.32 bits per heavy atom. The number of benzene rings is 1. The highest BCUT2D eigenvalue weighted by atomic mass is 79.9. The summed E-state index contributed by atoms with van der Waals surface area (Å²) >= 11 is 7.23. The fourth-order valence-corrected chi connectivity index (χ4v) is 3.70. The highest BCUT2D eigenvalue weighted by Crippen LogP contribution is 2.32. The zero-order chi connectivity index (χ0) is 14.3. The summed E-state index contributed by atoms with van der Waals surface area (Å²) in [6, 6.07) is 6.95. The van der Waals surface area contributed by atoms with Crippen molar-refractivity contribution >= 4 is 31.9 Å². The topological polar surface area (TPSA) is 12.0 Å². The fraction of sp³-hybridized carbons (Fsp3) is 0.625. The van der Waals surface area contributed by atoms with Gasteiger partial charge in [0.15, 0.2) is 0 Å². The number of halogens is 2. The Labute approximate surface area is 134 Å². The standard InChI is InChI=1S/C16H25Br2N/c1-4-9-19-16(10-12(5-2)6-3)14-8-7-13(17)11-15(14)18/h7-8,11-12,16,19H,4-6,9-10H2,1-3H3. The van der Waals surface area contributed by atoms with Crippen LogP contribution < -0.4 is 5.32 Å². The molecule has 0 amide bonds. The summed E-state index contributed by atoms with van der Waals surface area (Å²) in [5.41, 5.74) is 1.38. The lowest BCUT2D eigenvalue weighted by molar-refractivity contribution is 0.370. The Hall–Kier alpha value is 0.140. The van der Waals surface area contributed by atoms with Crippen LogP contribution in [0.25, 0.3) is 0 Å². The minimum atomic E-state index is 0.451. The van der Waals surface area contributed by atoms with Gasteiger partial charge in [-0.15, -0.1) is 0 Å². The number of nitrogens with one attached hydrogen (secondary N) is 1. The Morgan fingerprint density at radius 2 is 1.79 bits per heavy atom. The molecule has 0 aliphatic heterocycles. The first-order valence-electron chi connectivity index (χ1n) is 7.30. The minimum Gasteiger partial charge on any atom is -0.310 e. The van der Waals surface area contributed by atoms with Gasteiger partial charge >= 0.3 is 0 Å². The van der Waals surface area contributed by atoms with Gasteiger partial charge in [0.25, 0.3) is 0 Å². The van der Waals surface area contributed by atoms with Crippen LogP contribution in [0.3, 0.4) is 0 Å². The maximum atomic E-state index is 3.70. The zero-order valence-electron chi connectivity index (χ0n) is 12.2. The van der Waals surface area contributed by atoms with Crippen molar-refractivity contribution < 1.29 is 0 Å². The molecule has 3 heteroatoms. The van der Waals surface area contributed by atoms with Crippen LogP contribution in [-0.2, 0) is 0 Å². The van der Waals surface area contributed by atoms with Gasteiger partial charge in [-0.3, -0.25) is 0 Å². The average molecular weight is 391 g/mol. The molecule has 1 nitrogen and oxygen atoms in total. The fourth-order valence-electron chi connectivity index (χ4n) is 2.38. The van der Waals surface area contributed by atoms with Crippen LogP contribution in [0, 0.1) is 5.92 Å². The molecule has 1 aromatic carbocycles. The van der Waals surface area contributed by atoms with E-state index in [9.17, 15) is 0 Å². The SMILES string of the molecule is CCCNC(CC(CC)CC)c1ccc(Br)cc1Br. The van der Waals surface area contributed by atoms with E-state index in [1.54, 1.807) is 0 Å². The second-order valence-corrected chi connectivity index (χ2v) is 6.86. The Morgan fingerprint density at radius 1 is 1.11 bits per heavy atom. The number of hydrogen-bond acceptors (Lipinski definition) is 1. The second kappa shape index (κ2) is 9.15. The van der Waals surface area contributed by atoms with E-state index in [1.807, 2.05) is 0 Å². The number of hydrogen-bond donors (Lipinski definition) is 1. The van der Waals surface area contributed by atoms with Crippen LogP contribution in [-0.4, -0.2) is 6.54 Å². The summed E-state index contributed by atoms with van der Waals surface area (Å²) in [5.74, 6) is 0.796. The molecule has 1 N–H and O–H groups in total. The summed E-state index contributed by atoms with van der Waals surface area (Å²) in [4.78, 5) is 0. The Kier molecular flexibility index (Phi) is 8.27. The lowest BCUT2D eigenvalue weighted by atomic mass is 9.91. The van der Waals surface area contributed by atoms with Gasteiger partial charge in [0.05, 0.1) is 0 Å². The predicted molar refractivity (Wildman–Crippen MR) is 91.6 cm³/mol. The summed E-state index contributed by atoms with van der Waals surface area (Å²) in [6.07, 6.45) is 4.91. The minimum absolute atomic E-state index is 0.451. The van der Waals surface area contributed by atoms with Crippen molar-refractivity contribution in [3.05, 3.63) is 32.7 Å². The molecule has 0 fully saturated rings. The van der Waals surface area contributed by atoms with E-state index in [0.717, 1.165) is 16.9 Å². The zero-order valence-corrected chi connectivity index (χ0v) is 15.4. The average Bonchev–Trinajstić information content (AvgIpc) is 2.40. The van der Waals surface area contributed by atoms with Crippen LogP contribution in [0.1, 0.15) is 58.1 Å². The van der Waals surface area contributed by atoms with Gasteiger partial charge in [-0.1, -0.05) is 71.5 Å². The Balaban J connectivity index is 2.88. The second-order valence-electron chi connectivity index (χ2n) is 5.09. The van der Waals surface area contributed by atoms with Gasteiger partial charge in [-0.25, -0.2) is 0 Å². The third kappa shape index (κ3) is 5.57. The third-order valence-electron chi connectivity index (χ3n) is 3.70. The van der Waals surface area contributed by atoms with E-state index in [-0.39, 0.29) is 0 Å². The van der Waals surface area contributed by atoms with Crippen molar-refractivity contribution in [3.63, 3.8) is 0 Å². The molecule has 0 saturated carbocycles.